The first-order valence-corrected chi connectivity index (χ1v) is 5.90. The van der Waals surface area contributed by atoms with Crippen LogP contribution in [-0.4, -0.2) is 35.5 Å². The molecule has 0 spiro atoms. The summed E-state index contributed by atoms with van der Waals surface area (Å²) >= 11 is 0. The standard InChI is InChI=1S/C12H19NO3/c1-12(2,3)16-11(15)13-6-4-8-9(5-7-13)10(8)14/h8-9H,4-7H2,1-3H3/t8-,9+. The van der Waals surface area contributed by atoms with E-state index in [1.165, 1.54) is 0 Å². The molecule has 2 fully saturated rings. The van der Waals surface area contributed by atoms with Gasteiger partial charge in [0, 0.05) is 24.9 Å². The molecule has 1 aliphatic carbocycles. The predicted molar refractivity (Wildman–Crippen MR) is 59.0 cm³/mol. The maximum absolute atomic E-state index is 11.8. The van der Waals surface area contributed by atoms with E-state index >= 15 is 0 Å². The molecule has 90 valence electrons. The summed E-state index contributed by atoms with van der Waals surface area (Å²) in [6.45, 7) is 6.90. The highest BCUT2D eigenvalue weighted by Crippen LogP contribution is 2.41. The molecule has 4 heteroatoms. The number of hydrogen-bond acceptors (Lipinski definition) is 3. The van der Waals surface area contributed by atoms with Gasteiger partial charge in [-0.1, -0.05) is 0 Å². The van der Waals surface area contributed by atoms with Crippen molar-refractivity contribution in [2.45, 2.75) is 39.2 Å². The highest BCUT2D eigenvalue weighted by molar-refractivity contribution is 5.99. The lowest BCUT2D eigenvalue weighted by Crippen LogP contribution is -2.37. The lowest BCUT2D eigenvalue weighted by Gasteiger charge is -2.26. The van der Waals surface area contributed by atoms with E-state index in [2.05, 4.69) is 0 Å². The van der Waals surface area contributed by atoms with Crippen LogP contribution in [-0.2, 0) is 9.53 Å². The van der Waals surface area contributed by atoms with Gasteiger partial charge in [0.1, 0.15) is 11.4 Å². The van der Waals surface area contributed by atoms with Crippen LogP contribution in [0.15, 0.2) is 0 Å². The fourth-order valence-corrected chi connectivity index (χ4v) is 2.25. The van der Waals surface area contributed by atoms with Gasteiger partial charge in [-0.15, -0.1) is 0 Å². The largest absolute Gasteiger partial charge is 0.444 e. The molecular formula is C12H19NO3. The minimum absolute atomic E-state index is 0.229. The van der Waals surface area contributed by atoms with Gasteiger partial charge in [-0.2, -0.15) is 0 Å². The normalized spacial score (nSPS) is 29.4. The fraction of sp³-hybridized carbons (Fsp3) is 0.833. The van der Waals surface area contributed by atoms with E-state index < -0.39 is 5.60 Å². The number of carbonyl (C=O) groups excluding carboxylic acids is 2. The lowest BCUT2D eigenvalue weighted by atomic mass is 10.2. The summed E-state index contributed by atoms with van der Waals surface area (Å²) in [7, 11) is 0. The molecule has 1 saturated carbocycles. The molecule has 1 amide bonds. The lowest BCUT2D eigenvalue weighted by molar-refractivity contribution is -0.112. The summed E-state index contributed by atoms with van der Waals surface area (Å²) < 4.78 is 5.31. The van der Waals surface area contributed by atoms with Gasteiger partial charge in [-0.05, 0) is 33.6 Å². The topological polar surface area (TPSA) is 46.6 Å². The third kappa shape index (κ3) is 2.36. The Kier molecular flexibility index (Phi) is 2.68. The molecule has 1 aliphatic heterocycles. The van der Waals surface area contributed by atoms with Gasteiger partial charge in [0.05, 0.1) is 0 Å². The Balaban J connectivity index is 1.87. The summed E-state index contributed by atoms with van der Waals surface area (Å²) in [5, 5.41) is 0. The van der Waals surface area contributed by atoms with Crippen LogP contribution >= 0.6 is 0 Å². The van der Waals surface area contributed by atoms with E-state index in [-0.39, 0.29) is 17.9 Å². The number of fused-ring (bicyclic) bond motifs is 1. The van der Waals surface area contributed by atoms with Gasteiger partial charge in [-0.25, -0.2) is 4.79 Å². The van der Waals surface area contributed by atoms with Gasteiger partial charge in [0.25, 0.3) is 0 Å². The molecule has 1 saturated heterocycles. The number of likely N-dealkylation sites (tertiary alicyclic amines) is 1. The number of nitrogens with zero attached hydrogens (tertiary/aromatic N) is 1. The number of carbonyl (C=O) groups is 2. The van der Waals surface area contributed by atoms with E-state index in [1.807, 2.05) is 20.8 Å². The minimum Gasteiger partial charge on any atom is -0.444 e. The van der Waals surface area contributed by atoms with Crippen LogP contribution in [0, 0.1) is 11.8 Å². The zero-order valence-electron chi connectivity index (χ0n) is 10.2. The highest BCUT2D eigenvalue weighted by Gasteiger charge is 2.50. The molecule has 0 unspecified atom stereocenters. The average Bonchev–Trinajstić information content (AvgIpc) is 2.79. The maximum atomic E-state index is 11.8. The van der Waals surface area contributed by atoms with Crippen molar-refractivity contribution in [3.8, 4) is 0 Å². The summed E-state index contributed by atoms with van der Waals surface area (Å²) in [5.41, 5.74) is -0.442. The second kappa shape index (κ2) is 3.75. The van der Waals surface area contributed by atoms with Gasteiger partial charge in [0.2, 0.25) is 0 Å². The Morgan fingerprint density at radius 3 is 2.19 bits per heavy atom. The summed E-state index contributed by atoms with van der Waals surface area (Å²) in [5.74, 6) is 0.851. The summed E-state index contributed by atoms with van der Waals surface area (Å²) in [4.78, 5) is 24.8. The Hall–Kier alpha value is -1.06. The first-order chi connectivity index (χ1) is 7.38. The predicted octanol–water partition coefficient (Wildman–Crippen LogP) is 1.83. The third-order valence-electron chi connectivity index (χ3n) is 3.18. The van der Waals surface area contributed by atoms with Crippen LogP contribution in [0.25, 0.3) is 0 Å². The van der Waals surface area contributed by atoms with Crippen LogP contribution in [0.2, 0.25) is 0 Å². The number of Topliss-reactive ketones (excluding diaryl/α,β-unsaturated/α-hetero) is 1. The maximum Gasteiger partial charge on any atom is 0.410 e. The van der Waals surface area contributed by atoms with Crippen molar-refractivity contribution >= 4 is 11.9 Å². The molecule has 2 aliphatic rings. The van der Waals surface area contributed by atoms with E-state index in [9.17, 15) is 9.59 Å². The second-order valence-corrected chi connectivity index (χ2v) is 5.66. The smallest absolute Gasteiger partial charge is 0.410 e. The van der Waals surface area contributed by atoms with Crippen molar-refractivity contribution in [2.75, 3.05) is 13.1 Å². The van der Waals surface area contributed by atoms with Crippen molar-refractivity contribution in [3.63, 3.8) is 0 Å². The molecule has 1 heterocycles. The number of ketones is 1. The van der Waals surface area contributed by atoms with Crippen molar-refractivity contribution < 1.29 is 14.3 Å². The number of rotatable bonds is 0. The van der Waals surface area contributed by atoms with E-state index in [0.29, 0.717) is 18.9 Å². The molecule has 0 bridgehead atoms. The van der Waals surface area contributed by atoms with Crippen LogP contribution in [0.4, 0.5) is 4.79 Å². The Bertz CT molecular complexity index is 303. The highest BCUT2D eigenvalue weighted by atomic mass is 16.6. The molecule has 0 radical (unpaired) electrons. The molecular weight excluding hydrogens is 206 g/mol. The molecule has 0 aromatic carbocycles. The van der Waals surface area contributed by atoms with Gasteiger partial charge >= 0.3 is 6.09 Å². The Morgan fingerprint density at radius 1 is 1.25 bits per heavy atom. The molecule has 16 heavy (non-hydrogen) atoms. The minimum atomic E-state index is -0.442. The van der Waals surface area contributed by atoms with Gasteiger partial charge < -0.3 is 9.64 Å². The summed E-state index contributed by atoms with van der Waals surface area (Å²) in [6.07, 6.45) is 1.37. The number of hydrogen-bond donors (Lipinski definition) is 0. The summed E-state index contributed by atoms with van der Waals surface area (Å²) in [6, 6.07) is 0. The Labute approximate surface area is 95.9 Å². The molecule has 0 aromatic rings. The average molecular weight is 225 g/mol. The van der Waals surface area contributed by atoms with Crippen LogP contribution in [0.1, 0.15) is 33.6 Å². The van der Waals surface area contributed by atoms with E-state index in [0.717, 1.165) is 12.8 Å². The van der Waals surface area contributed by atoms with Gasteiger partial charge in [0.15, 0.2) is 0 Å². The monoisotopic (exact) mass is 225 g/mol. The first-order valence-electron chi connectivity index (χ1n) is 5.90. The first kappa shape index (κ1) is 11.4. The second-order valence-electron chi connectivity index (χ2n) is 5.66. The fourth-order valence-electron chi connectivity index (χ4n) is 2.25. The third-order valence-corrected chi connectivity index (χ3v) is 3.18. The quantitative estimate of drug-likeness (QED) is 0.632. The van der Waals surface area contributed by atoms with E-state index in [4.69, 9.17) is 4.74 Å². The van der Waals surface area contributed by atoms with Crippen LogP contribution in [0.3, 0.4) is 0 Å². The van der Waals surface area contributed by atoms with Crippen LogP contribution in [0.5, 0.6) is 0 Å². The van der Waals surface area contributed by atoms with Crippen molar-refractivity contribution in [2.24, 2.45) is 11.8 Å². The SMILES string of the molecule is CC(C)(C)OC(=O)N1CC[C@@H]2C(=O)[C@@H]2CC1. The molecule has 4 nitrogen and oxygen atoms in total. The van der Waals surface area contributed by atoms with E-state index in [1.54, 1.807) is 4.90 Å². The molecule has 0 N–H and O–H groups in total. The molecule has 0 aromatic heterocycles. The zero-order chi connectivity index (χ0) is 11.9. The molecule has 2 rings (SSSR count). The Morgan fingerprint density at radius 2 is 1.75 bits per heavy atom. The zero-order valence-corrected chi connectivity index (χ0v) is 10.2. The number of ether oxygens (including phenoxy) is 1. The van der Waals surface area contributed by atoms with Gasteiger partial charge in [-0.3, -0.25) is 4.79 Å². The van der Waals surface area contributed by atoms with Crippen molar-refractivity contribution in [3.05, 3.63) is 0 Å². The molecule has 2 atom stereocenters. The van der Waals surface area contributed by atoms with Crippen LogP contribution < -0.4 is 0 Å². The van der Waals surface area contributed by atoms with Crippen molar-refractivity contribution in [1.29, 1.82) is 0 Å². The number of amides is 1. The van der Waals surface area contributed by atoms with Crippen molar-refractivity contribution in [1.82, 2.24) is 4.90 Å².